The third kappa shape index (κ3) is 5.32. The van der Waals surface area contributed by atoms with Crippen LogP contribution in [0.2, 0.25) is 0 Å². The highest BCUT2D eigenvalue weighted by atomic mass is 16.3. The maximum absolute atomic E-state index is 13.6. The van der Waals surface area contributed by atoms with Crippen molar-refractivity contribution in [1.29, 1.82) is 0 Å². The van der Waals surface area contributed by atoms with E-state index in [1.807, 2.05) is 65.1 Å². The number of β-amino-alcohol motifs (C(OH)–C–C–N with tert-alkyl or cyclic N) is 1. The van der Waals surface area contributed by atoms with Gasteiger partial charge in [-0.1, -0.05) is 38.1 Å². The van der Waals surface area contributed by atoms with Crippen LogP contribution in [-0.2, 0) is 4.79 Å². The highest BCUT2D eigenvalue weighted by molar-refractivity contribution is 5.81. The largest absolute Gasteiger partial charge is 0.443 e. The lowest BCUT2D eigenvalue weighted by Crippen LogP contribution is -2.51. The number of aliphatic hydroxyl groups is 2. The summed E-state index contributed by atoms with van der Waals surface area (Å²) in [6.45, 7) is 9.92. The number of oxazole rings is 1. The molecule has 9 nitrogen and oxygen atoms in total. The van der Waals surface area contributed by atoms with Crippen LogP contribution in [0.25, 0.3) is 11.3 Å². The molecule has 188 valence electrons. The molecule has 0 radical (unpaired) electrons. The molecule has 35 heavy (non-hydrogen) atoms. The quantitative estimate of drug-likeness (QED) is 0.424. The Labute approximate surface area is 205 Å². The molecule has 1 fully saturated rings. The minimum absolute atomic E-state index is 0.00395. The van der Waals surface area contributed by atoms with E-state index in [9.17, 15) is 15.0 Å². The molecule has 0 saturated carbocycles. The Kier molecular flexibility index (Phi) is 7.39. The van der Waals surface area contributed by atoms with Gasteiger partial charge in [0, 0.05) is 24.3 Å². The van der Waals surface area contributed by atoms with Crippen molar-refractivity contribution in [2.24, 2.45) is 5.92 Å². The van der Waals surface area contributed by atoms with Gasteiger partial charge < -0.3 is 19.5 Å². The van der Waals surface area contributed by atoms with E-state index in [0.29, 0.717) is 6.42 Å². The first-order chi connectivity index (χ1) is 16.7. The molecule has 5 atom stereocenters. The van der Waals surface area contributed by atoms with Crippen LogP contribution in [0.5, 0.6) is 0 Å². The van der Waals surface area contributed by atoms with Gasteiger partial charge in [0.05, 0.1) is 24.0 Å². The monoisotopic (exact) mass is 481 g/mol. The van der Waals surface area contributed by atoms with Crippen molar-refractivity contribution >= 4 is 5.91 Å². The lowest BCUT2D eigenvalue weighted by molar-refractivity contribution is -0.140. The fraction of sp³-hybridized carbons (Fsp3) is 0.500. The summed E-state index contributed by atoms with van der Waals surface area (Å²) in [7, 11) is 0. The van der Waals surface area contributed by atoms with Crippen LogP contribution in [-0.4, -0.2) is 60.7 Å². The molecule has 2 aromatic heterocycles. The number of carbonyl (C=O) groups is 1. The Bertz CT molecular complexity index is 1140. The molecule has 3 heterocycles. The lowest BCUT2D eigenvalue weighted by Gasteiger charge is -2.34. The summed E-state index contributed by atoms with van der Waals surface area (Å²) in [6, 6.07) is 6.64. The first kappa shape index (κ1) is 25.1. The van der Waals surface area contributed by atoms with Crippen molar-refractivity contribution in [3.63, 3.8) is 0 Å². The number of likely N-dealkylation sites (tertiary alicyclic amines) is 1. The SMILES string of the molecule is Cc1cnn(C(C(=O)N2CC(O)CC2C(O)NC(C)c2ccc(-c3ocnc3C)cc2)C(C)C)c1. The zero-order chi connectivity index (χ0) is 25.3. The number of aryl methyl sites for hydroxylation is 2. The Morgan fingerprint density at radius 1 is 1.20 bits per heavy atom. The average molecular weight is 482 g/mol. The highest BCUT2D eigenvalue weighted by Crippen LogP contribution is 2.29. The van der Waals surface area contributed by atoms with Crippen LogP contribution in [0, 0.1) is 19.8 Å². The third-order valence-electron chi connectivity index (χ3n) is 6.71. The van der Waals surface area contributed by atoms with Crippen LogP contribution in [0.3, 0.4) is 0 Å². The minimum Gasteiger partial charge on any atom is -0.443 e. The van der Waals surface area contributed by atoms with Crippen LogP contribution in [0.4, 0.5) is 0 Å². The predicted octanol–water partition coefficient (Wildman–Crippen LogP) is 2.98. The van der Waals surface area contributed by atoms with Gasteiger partial charge in [0.2, 0.25) is 5.91 Å². The molecule has 4 rings (SSSR count). The smallest absolute Gasteiger partial charge is 0.248 e. The van der Waals surface area contributed by atoms with Crippen LogP contribution in [0.1, 0.15) is 56.1 Å². The summed E-state index contributed by atoms with van der Waals surface area (Å²) in [4.78, 5) is 19.3. The molecule has 1 saturated heterocycles. The number of rotatable bonds is 8. The van der Waals surface area contributed by atoms with Gasteiger partial charge in [0.25, 0.3) is 0 Å². The van der Waals surface area contributed by atoms with Crippen LogP contribution < -0.4 is 5.32 Å². The Morgan fingerprint density at radius 2 is 1.91 bits per heavy atom. The van der Waals surface area contributed by atoms with Gasteiger partial charge in [0.1, 0.15) is 12.3 Å². The molecule has 1 aliphatic heterocycles. The number of hydrogen-bond donors (Lipinski definition) is 3. The summed E-state index contributed by atoms with van der Waals surface area (Å²) < 4.78 is 7.15. The first-order valence-corrected chi connectivity index (χ1v) is 12.1. The second kappa shape index (κ2) is 10.3. The van der Waals surface area contributed by atoms with Crippen LogP contribution in [0.15, 0.2) is 47.5 Å². The number of benzene rings is 1. The molecular formula is C26H35N5O4. The summed E-state index contributed by atoms with van der Waals surface area (Å²) in [6.07, 6.45) is 3.62. The highest BCUT2D eigenvalue weighted by Gasteiger charge is 2.42. The molecule has 0 spiro atoms. The van der Waals surface area contributed by atoms with Crippen LogP contribution >= 0.6 is 0 Å². The van der Waals surface area contributed by atoms with E-state index in [0.717, 1.165) is 28.1 Å². The van der Waals surface area contributed by atoms with E-state index < -0.39 is 24.4 Å². The number of nitrogens with zero attached hydrogens (tertiary/aromatic N) is 4. The normalized spacial score (nSPS) is 20.9. The zero-order valence-corrected chi connectivity index (χ0v) is 20.9. The third-order valence-corrected chi connectivity index (χ3v) is 6.71. The molecule has 3 aromatic rings. The standard InChI is InChI=1S/C26H35N5O4/c1-15(2)23(31-12-16(3)11-28-31)26(34)30-13-21(32)10-22(30)25(33)29-17(4)19-6-8-20(9-7-19)24-18(5)27-14-35-24/h6-9,11-12,14-15,17,21-23,25,29,32-33H,10,13H2,1-5H3. The number of hydrogen-bond acceptors (Lipinski definition) is 7. The van der Waals surface area contributed by atoms with Crippen molar-refractivity contribution in [2.75, 3.05) is 6.54 Å². The summed E-state index contributed by atoms with van der Waals surface area (Å²) >= 11 is 0. The molecule has 5 unspecified atom stereocenters. The molecule has 0 bridgehead atoms. The topological polar surface area (TPSA) is 117 Å². The lowest BCUT2D eigenvalue weighted by atomic mass is 10.0. The first-order valence-electron chi connectivity index (χ1n) is 12.1. The molecular weight excluding hydrogens is 446 g/mol. The minimum atomic E-state index is -1.01. The molecule has 1 aromatic carbocycles. The van der Waals surface area contributed by atoms with E-state index in [4.69, 9.17) is 4.42 Å². The van der Waals surface area contributed by atoms with Crippen molar-refractivity contribution in [1.82, 2.24) is 25.0 Å². The molecule has 3 N–H and O–H groups in total. The average Bonchev–Trinajstić information content (AvgIpc) is 3.53. The maximum atomic E-state index is 13.6. The Morgan fingerprint density at radius 3 is 2.49 bits per heavy atom. The fourth-order valence-corrected chi connectivity index (χ4v) is 4.82. The van der Waals surface area contributed by atoms with Gasteiger partial charge in [-0.25, -0.2) is 4.98 Å². The number of amides is 1. The van der Waals surface area contributed by atoms with Gasteiger partial charge in [-0.3, -0.25) is 14.8 Å². The van der Waals surface area contributed by atoms with Crippen molar-refractivity contribution in [3.8, 4) is 11.3 Å². The Hall–Kier alpha value is -3.01. The van der Waals surface area contributed by atoms with E-state index in [-0.39, 0.29) is 24.4 Å². The predicted molar refractivity (Wildman–Crippen MR) is 131 cm³/mol. The van der Waals surface area contributed by atoms with E-state index >= 15 is 0 Å². The van der Waals surface area contributed by atoms with Gasteiger partial charge in [-0.2, -0.15) is 5.10 Å². The van der Waals surface area contributed by atoms with E-state index in [1.165, 1.54) is 6.39 Å². The number of nitrogens with one attached hydrogen (secondary N) is 1. The van der Waals surface area contributed by atoms with Gasteiger partial charge in [0.15, 0.2) is 12.2 Å². The summed E-state index contributed by atoms with van der Waals surface area (Å²) in [5.74, 6) is 0.582. The van der Waals surface area contributed by atoms with Gasteiger partial charge in [-0.05, 0) is 44.2 Å². The zero-order valence-electron chi connectivity index (χ0n) is 20.9. The number of carbonyl (C=O) groups excluding carboxylic acids is 1. The maximum Gasteiger partial charge on any atom is 0.248 e. The molecule has 1 amide bonds. The van der Waals surface area contributed by atoms with Crippen molar-refractivity contribution < 1.29 is 19.4 Å². The summed E-state index contributed by atoms with van der Waals surface area (Å²) in [5.41, 5.74) is 3.71. The fourth-order valence-electron chi connectivity index (χ4n) is 4.82. The molecule has 0 aliphatic carbocycles. The van der Waals surface area contributed by atoms with Gasteiger partial charge >= 0.3 is 0 Å². The number of aromatic nitrogens is 3. The second-order valence-corrected chi connectivity index (χ2v) is 9.86. The van der Waals surface area contributed by atoms with Crippen molar-refractivity contribution in [3.05, 3.63) is 59.9 Å². The molecule has 9 heteroatoms. The summed E-state index contributed by atoms with van der Waals surface area (Å²) in [5, 5.41) is 29.0. The van der Waals surface area contributed by atoms with E-state index in [1.54, 1.807) is 15.8 Å². The molecule has 1 aliphatic rings. The van der Waals surface area contributed by atoms with Crippen molar-refractivity contribution in [2.45, 2.75) is 71.5 Å². The Balaban J connectivity index is 1.47. The van der Waals surface area contributed by atoms with E-state index in [2.05, 4.69) is 15.4 Å². The second-order valence-electron chi connectivity index (χ2n) is 9.86. The number of aliphatic hydroxyl groups excluding tert-OH is 2. The van der Waals surface area contributed by atoms with Gasteiger partial charge in [-0.15, -0.1) is 0 Å².